The maximum atomic E-state index is 6.43. The van der Waals surface area contributed by atoms with Gasteiger partial charge in [-0.2, -0.15) is 0 Å². The van der Waals surface area contributed by atoms with Crippen LogP contribution >= 0.6 is 34.8 Å². The van der Waals surface area contributed by atoms with Gasteiger partial charge in [0.05, 0.1) is 16.7 Å². The van der Waals surface area contributed by atoms with Crippen LogP contribution in [-0.4, -0.2) is 25.8 Å². The highest BCUT2D eigenvalue weighted by atomic mass is 35.5. The fourth-order valence-corrected chi connectivity index (χ4v) is 4.72. The number of fused-ring (bicyclic) bond motifs is 3. The number of benzene rings is 2. The average molecular weight is 399 g/mol. The summed E-state index contributed by atoms with van der Waals surface area (Å²) in [4.78, 5) is 0. The van der Waals surface area contributed by atoms with E-state index >= 15 is 0 Å². The second-order valence-electron chi connectivity index (χ2n) is 6.33. The van der Waals surface area contributed by atoms with Gasteiger partial charge in [0, 0.05) is 28.6 Å². The molecule has 0 saturated carbocycles. The Kier molecular flexibility index (Phi) is 4.76. The van der Waals surface area contributed by atoms with E-state index in [0.29, 0.717) is 27.6 Å². The van der Waals surface area contributed by atoms with Crippen molar-refractivity contribution in [3.8, 4) is 22.6 Å². The topological polar surface area (TPSA) is 30.5 Å². The minimum Gasteiger partial charge on any atom is -0.490 e. The molecule has 0 amide bonds. The molecule has 2 heterocycles. The molecule has 2 unspecified atom stereocenters. The highest BCUT2D eigenvalue weighted by Crippen LogP contribution is 2.49. The van der Waals surface area contributed by atoms with E-state index in [2.05, 4.69) is 11.4 Å². The summed E-state index contributed by atoms with van der Waals surface area (Å²) in [6.07, 6.45) is 1.18. The molecule has 1 N–H and O–H groups in total. The minimum absolute atomic E-state index is 0.196. The molecule has 4 rings (SSSR count). The summed E-state index contributed by atoms with van der Waals surface area (Å²) >= 11 is 18.9. The lowest BCUT2D eigenvalue weighted by atomic mass is 9.89. The molecule has 2 atom stereocenters. The van der Waals surface area contributed by atoms with E-state index in [1.165, 1.54) is 0 Å². The maximum Gasteiger partial charge on any atom is 0.165 e. The first-order chi connectivity index (χ1) is 12.1. The van der Waals surface area contributed by atoms with E-state index in [4.69, 9.17) is 44.3 Å². The summed E-state index contributed by atoms with van der Waals surface area (Å²) < 4.78 is 12.1. The van der Waals surface area contributed by atoms with Crippen LogP contribution in [0, 0.1) is 0 Å². The molecular weight excluding hydrogens is 381 g/mol. The van der Waals surface area contributed by atoms with E-state index in [1.54, 1.807) is 12.1 Å². The van der Waals surface area contributed by atoms with Crippen molar-refractivity contribution in [2.24, 2.45) is 0 Å². The highest BCUT2D eigenvalue weighted by Gasteiger charge is 2.38. The molecule has 0 radical (unpaired) electrons. The van der Waals surface area contributed by atoms with Crippen molar-refractivity contribution in [1.29, 1.82) is 0 Å². The molecule has 1 saturated heterocycles. The van der Waals surface area contributed by atoms with Gasteiger partial charge in [-0.25, -0.2) is 0 Å². The van der Waals surface area contributed by atoms with Crippen LogP contribution in [0.4, 0.5) is 0 Å². The van der Waals surface area contributed by atoms with Gasteiger partial charge in [0.1, 0.15) is 6.10 Å². The molecule has 1 fully saturated rings. The smallest absolute Gasteiger partial charge is 0.165 e. The van der Waals surface area contributed by atoms with Gasteiger partial charge in [0.25, 0.3) is 0 Å². The van der Waals surface area contributed by atoms with Crippen molar-refractivity contribution in [1.82, 2.24) is 5.32 Å². The van der Waals surface area contributed by atoms with Crippen molar-refractivity contribution in [3.05, 3.63) is 44.9 Å². The third-order valence-electron chi connectivity index (χ3n) is 4.77. The Morgan fingerprint density at radius 2 is 1.92 bits per heavy atom. The molecular formula is C19H18Cl3NO2. The van der Waals surface area contributed by atoms with Crippen LogP contribution in [-0.2, 0) is 0 Å². The maximum absolute atomic E-state index is 6.43. The normalized spacial score (nSPS) is 21.4. The minimum atomic E-state index is 0.196. The second-order valence-corrected chi connectivity index (χ2v) is 7.58. The van der Waals surface area contributed by atoms with Gasteiger partial charge >= 0.3 is 0 Å². The van der Waals surface area contributed by atoms with Crippen LogP contribution in [0.3, 0.4) is 0 Å². The SMILES string of the molecule is CCOc1cc(-c2c(Cl)cc(Cl)cc2Cl)cc2c1OC1CCNCC21. The van der Waals surface area contributed by atoms with Crippen molar-refractivity contribution in [3.63, 3.8) is 0 Å². The zero-order valence-corrected chi connectivity index (χ0v) is 16.0. The standard InChI is InChI=1S/C19H18Cl3NO2/c1-2-24-17-6-10(18-14(21)7-11(20)8-15(18)22)5-12-13-9-23-4-3-16(13)25-19(12)17/h5-8,13,16,23H,2-4,9H2,1H3. The van der Waals surface area contributed by atoms with Crippen LogP contribution in [0.2, 0.25) is 15.1 Å². The summed E-state index contributed by atoms with van der Waals surface area (Å²) in [5.41, 5.74) is 2.84. The van der Waals surface area contributed by atoms with Crippen LogP contribution in [0.15, 0.2) is 24.3 Å². The van der Waals surface area contributed by atoms with Gasteiger partial charge in [-0.15, -0.1) is 0 Å². The van der Waals surface area contributed by atoms with Crippen LogP contribution in [0.25, 0.3) is 11.1 Å². The van der Waals surface area contributed by atoms with E-state index in [1.807, 2.05) is 13.0 Å². The largest absolute Gasteiger partial charge is 0.490 e. The third-order valence-corrected chi connectivity index (χ3v) is 5.58. The lowest BCUT2D eigenvalue weighted by Gasteiger charge is -2.24. The van der Waals surface area contributed by atoms with Crippen molar-refractivity contribution < 1.29 is 9.47 Å². The summed E-state index contributed by atoms with van der Waals surface area (Å²) in [5, 5.41) is 5.02. The second kappa shape index (κ2) is 6.88. The fourth-order valence-electron chi connectivity index (χ4n) is 3.69. The van der Waals surface area contributed by atoms with Gasteiger partial charge in [-0.3, -0.25) is 0 Å². The molecule has 0 aromatic heterocycles. The van der Waals surface area contributed by atoms with Crippen LogP contribution in [0.1, 0.15) is 24.8 Å². The number of ether oxygens (including phenoxy) is 2. The van der Waals surface area contributed by atoms with E-state index in [0.717, 1.165) is 47.7 Å². The lowest BCUT2D eigenvalue weighted by molar-refractivity contribution is 0.166. The molecule has 6 heteroatoms. The zero-order valence-electron chi connectivity index (χ0n) is 13.7. The van der Waals surface area contributed by atoms with Gasteiger partial charge in [0.2, 0.25) is 0 Å². The van der Waals surface area contributed by atoms with Gasteiger partial charge < -0.3 is 14.8 Å². The predicted molar refractivity (Wildman–Crippen MR) is 103 cm³/mol. The molecule has 132 valence electrons. The highest BCUT2D eigenvalue weighted by molar-refractivity contribution is 6.41. The van der Waals surface area contributed by atoms with Gasteiger partial charge in [-0.05, 0) is 49.7 Å². The lowest BCUT2D eigenvalue weighted by Crippen LogP contribution is -2.37. The number of piperidine rings is 1. The molecule has 3 nitrogen and oxygen atoms in total. The number of halogens is 3. The molecule has 2 aliphatic heterocycles. The van der Waals surface area contributed by atoms with Gasteiger partial charge in [-0.1, -0.05) is 34.8 Å². The number of hydrogen-bond acceptors (Lipinski definition) is 3. The molecule has 0 aliphatic carbocycles. The molecule has 2 aromatic carbocycles. The number of hydrogen-bond donors (Lipinski definition) is 1. The van der Waals surface area contributed by atoms with Gasteiger partial charge in [0.15, 0.2) is 11.5 Å². The van der Waals surface area contributed by atoms with Crippen molar-refractivity contribution in [2.45, 2.75) is 25.4 Å². The van der Waals surface area contributed by atoms with E-state index in [-0.39, 0.29) is 6.10 Å². The Hall–Kier alpha value is -1.13. The molecule has 0 bridgehead atoms. The Balaban J connectivity index is 1.87. The predicted octanol–water partition coefficient (Wildman–Crippen LogP) is 5.55. The average Bonchev–Trinajstić information content (AvgIpc) is 2.93. The third kappa shape index (κ3) is 3.08. The Morgan fingerprint density at radius 3 is 2.64 bits per heavy atom. The first-order valence-electron chi connectivity index (χ1n) is 8.41. The fraction of sp³-hybridized carbons (Fsp3) is 0.368. The van der Waals surface area contributed by atoms with E-state index < -0.39 is 0 Å². The van der Waals surface area contributed by atoms with Crippen molar-refractivity contribution in [2.75, 3.05) is 19.7 Å². The first kappa shape index (κ1) is 17.3. The molecule has 25 heavy (non-hydrogen) atoms. The quantitative estimate of drug-likeness (QED) is 0.735. The Morgan fingerprint density at radius 1 is 1.16 bits per heavy atom. The molecule has 2 aromatic rings. The van der Waals surface area contributed by atoms with E-state index in [9.17, 15) is 0 Å². The monoisotopic (exact) mass is 397 g/mol. The Bertz CT molecular complexity index is 802. The number of nitrogens with one attached hydrogen (secondary N) is 1. The Labute approximate surface area is 162 Å². The van der Waals surface area contributed by atoms with Crippen LogP contribution < -0.4 is 14.8 Å². The first-order valence-corrected chi connectivity index (χ1v) is 9.55. The summed E-state index contributed by atoms with van der Waals surface area (Å²) in [7, 11) is 0. The molecule has 0 spiro atoms. The molecule has 2 aliphatic rings. The number of rotatable bonds is 3. The summed E-state index contributed by atoms with van der Waals surface area (Å²) in [6.45, 7) is 4.40. The van der Waals surface area contributed by atoms with Crippen LogP contribution in [0.5, 0.6) is 11.5 Å². The van der Waals surface area contributed by atoms with Crippen molar-refractivity contribution >= 4 is 34.8 Å². The summed E-state index contributed by atoms with van der Waals surface area (Å²) in [5.74, 6) is 1.91. The summed E-state index contributed by atoms with van der Waals surface area (Å²) in [6, 6.07) is 7.49. The zero-order chi connectivity index (χ0) is 17.6.